The molecule has 88 valence electrons. The first-order chi connectivity index (χ1) is 7.70. The first-order valence-electron chi connectivity index (χ1n) is 5.36. The summed E-state index contributed by atoms with van der Waals surface area (Å²) in [5, 5.41) is 12.3. The van der Waals surface area contributed by atoms with Gasteiger partial charge in [0.2, 0.25) is 0 Å². The molecule has 0 saturated carbocycles. The summed E-state index contributed by atoms with van der Waals surface area (Å²) in [6, 6.07) is 7.78. The Morgan fingerprint density at radius 1 is 1.31 bits per heavy atom. The van der Waals surface area contributed by atoms with E-state index in [2.05, 4.69) is 5.32 Å². The van der Waals surface area contributed by atoms with Crippen LogP contribution in [-0.2, 0) is 11.2 Å². The fraction of sp³-hybridized carbons (Fsp3) is 0.417. The summed E-state index contributed by atoms with van der Waals surface area (Å²) in [6.07, 6.45) is 2.05. The largest absolute Gasteiger partial charge is 0.481 e. The van der Waals surface area contributed by atoms with Crippen molar-refractivity contribution in [3.05, 3.63) is 34.9 Å². The number of halogens is 1. The molecule has 0 heterocycles. The summed E-state index contributed by atoms with van der Waals surface area (Å²) < 4.78 is 0. The lowest BCUT2D eigenvalue weighted by Crippen LogP contribution is -2.19. The summed E-state index contributed by atoms with van der Waals surface area (Å²) in [6.45, 7) is 1.34. The summed E-state index contributed by atoms with van der Waals surface area (Å²) in [4.78, 5) is 10.2. The van der Waals surface area contributed by atoms with Gasteiger partial charge in [0.15, 0.2) is 0 Å². The Morgan fingerprint density at radius 2 is 2.06 bits per heavy atom. The normalized spacial score (nSPS) is 10.3. The van der Waals surface area contributed by atoms with Crippen molar-refractivity contribution in [2.24, 2.45) is 0 Å². The van der Waals surface area contributed by atoms with E-state index in [0.29, 0.717) is 6.54 Å². The van der Waals surface area contributed by atoms with Gasteiger partial charge in [0.25, 0.3) is 0 Å². The highest BCUT2D eigenvalue weighted by molar-refractivity contribution is 6.31. The third-order valence-corrected chi connectivity index (χ3v) is 2.64. The van der Waals surface area contributed by atoms with Gasteiger partial charge in [-0.05, 0) is 31.0 Å². The van der Waals surface area contributed by atoms with Crippen molar-refractivity contribution in [3.8, 4) is 0 Å². The first kappa shape index (κ1) is 13.0. The third kappa shape index (κ3) is 5.14. The van der Waals surface area contributed by atoms with Crippen molar-refractivity contribution < 1.29 is 9.90 Å². The number of hydrogen-bond acceptors (Lipinski definition) is 2. The topological polar surface area (TPSA) is 49.3 Å². The molecule has 0 unspecified atom stereocenters. The Kier molecular flexibility index (Phi) is 5.90. The molecule has 0 spiro atoms. The summed E-state index contributed by atoms with van der Waals surface area (Å²) in [5.41, 5.74) is 1.14. The lowest BCUT2D eigenvalue weighted by Gasteiger charge is -2.04. The quantitative estimate of drug-likeness (QED) is 0.721. The van der Waals surface area contributed by atoms with Crippen LogP contribution in [0, 0.1) is 0 Å². The highest BCUT2D eigenvalue weighted by Gasteiger charge is 1.99. The predicted molar refractivity (Wildman–Crippen MR) is 64.9 cm³/mol. The van der Waals surface area contributed by atoms with Gasteiger partial charge in [-0.15, -0.1) is 0 Å². The third-order valence-electron chi connectivity index (χ3n) is 2.27. The number of aryl methyl sites for hydroxylation is 1. The lowest BCUT2D eigenvalue weighted by molar-refractivity contribution is -0.136. The van der Waals surface area contributed by atoms with Gasteiger partial charge in [-0.3, -0.25) is 4.79 Å². The molecular formula is C12H16ClNO2. The van der Waals surface area contributed by atoms with E-state index in [9.17, 15) is 4.79 Å². The molecule has 1 aromatic rings. The van der Waals surface area contributed by atoms with Gasteiger partial charge >= 0.3 is 5.97 Å². The van der Waals surface area contributed by atoms with Crippen molar-refractivity contribution in [2.75, 3.05) is 13.1 Å². The Bertz CT molecular complexity index is 342. The van der Waals surface area contributed by atoms with Crippen LogP contribution in [0.4, 0.5) is 0 Å². The van der Waals surface area contributed by atoms with E-state index in [1.807, 2.05) is 24.3 Å². The number of hydrogen-bond donors (Lipinski definition) is 2. The van der Waals surface area contributed by atoms with Gasteiger partial charge in [-0.25, -0.2) is 0 Å². The maximum absolute atomic E-state index is 10.2. The molecule has 0 bridgehead atoms. The van der Waals surface area contributed by atoms with Crippen LogP contribution < -0.4 is 5.32 Å². The first-order valence-corrected chi connectivity index (χ1v) is 5.74. The monoisotopic (exact) mass is 241 g/mol. The molecule has 0 atom stereocenters. The van der Waals surface area contributed by atoms with E-state index in [0.717, 1.165) is 30.0 Å². The Balaban J connectivity index is 2.12. The molecule has 0 aliphatic heterocycles. The van der Waals surface area contributed by atoms with Crippen LogP contribution in [0.25, 0.3) is 0 Å². The molecule has 0 aromatic heterocycles. The SMILES string of the molecule is O=C(O)CCNCCCc1ccccc1Cl. The van der Waals surface area contributed by atoms with Crippen LogP contribution >= 0.6 is 11.6 Å². The zero-order chi connectivity index (χ0) is 11.8. The number of carbonyl (C=O) groups is 1. The average molecular weight is 242 g/mol. The van der Waals surface area contributed by atoms with Crippen LogP contribution in [0.1, 0.15) is 18.4 Å². The average Bonchev–Trinajstić information content (AvgIpc) is 2.25. The van der Waals surface area contributed by atoms with Crippen LogP contribution in [0.2, 0.25) is 5.02 Å². The second-order valence-electron chi connectivity index (χ2n) is 3.59. The van der Waals surface area contributed by atoms with E-state index in [-0.39, 0.29) is 6.42 Å². The summed E-state index contributed by atoms with van der Waals surface area (Å²) >= 11 is 6.01. The second-order valence-corrected chi connectivity index (χ2v) is 4.00. The molecule has 0 amide bonds. The van der Waals surface area contributed by atoms with E-state index in [1.165, 1.54) is 0 Å². The molecule has 2 N–H and O–H groups in total. The molecule has 4 heteroatoms. The molecule has 3 nitrogen and oxygen atoms in total. The molecule has 16 heavy (non-hydrogen) atoms. The van der Waals surface area contributed by atoms with Gasteiger partial charge < -0.3 is 10.4 Å². The minimum absolute atomic E-state index is 0.173. The zero-order valence-electron chi connectivity index (χ0n) is 9.08. The van der Waals surface area contributed by atoms with E-state index in [4.69, 9.17) is 16.7 Å². The van der Waals surface area contributed by atoms with Gasteiger partial charge in [-0.1, -0.05) is 29.8 Å². The molecule has 0 aliphatic carbocycles. The lowest BCUT2D eigenvalue weighted by atomic mass is 10.1. The molecule has 1 aromatic carbocycles. The van der Waals surface area contributed by atoms with Gasteiger partial charge in [0.05, 0.1) is 6.42 Å². The number of rotatable bonds is 7. The number of aliphatic carboxylic acids is 1. The van der Waals surface area contributed by atoms with Gasteiger partial charge in [0.1, 0.15) is 0 Å². The van der Waals surface area contributed by atoms with Crippen molar-refractivity contribution in [2.45, 2.75) is 19.3 Å². The van der Waals surface area contributed by atoms with Crippen LogP contribution in [-0.4, -0.2) is 24.2 Å². The minimum atomic E-state index is -0.765. The zero-order valence-corrected chi connectivity index (χ0v) is 9.83. The Hall–Kier alpha value is -1.06. The number of carboxylic acids is 1. The van der Waals surface area contributed by atoms with Crippen LogP contribution in [0.15, 0.2) is 24.3 Å². The molecule has 1 rings (SSSR count). The summed E-state index contributed by atoms with van der Waals surface area (Å²) in [5.74, 6) is -0.765. The number of carboxylic acid groups (broad SMARTS) is 1. The molecule has 0 aliphatic rings. The Morgan fingerprint density at radius 3 is 2.75 bits per heavy atom. The van der Waals surface area contributed by atoms with Crippen molar-refractivity contribution >= 4 is 17.6 Å². The number of nitrogens with one attached hydrogen (secondary N) is 1. The van der Waals surface area contributed by atoms with Crippen molar-refractivity contribution in [3.63, 3.8) is 0 Å². The molecule has 0 fully saturated rings. The highest BCUT2D eigenvalue weighted by atomic mass is 35.5. The van der Waals surface area contributed by atoms with E-state index < -0.39 is 5.97 Å². The maximum Gasteiger partial charge on any atom is 0.304 e. The van der Waals surface area contributed by atoms with Crippen LogP contribution in [0.3, 0.4) is 0 Å². The molecular weight excluding hydrogens is 226 g/mol. The van der Waals surface area contributed by atoms with Crippen molar-refractivity contribution in [1.82, 2.24) is 5.32 Å². The maximum atomic E-state index is 10.2. The minimum Gasteiger partial charge on any atom is -0.481 e. The fourth-order valence-corrected chi connectivity index (χ4v) is 1.66. The van der Waals surface area contributed by atoms with E-state index >= 15 is 0 Å². The second kappa shape index (κ2) is 7.25. The van der Waals surface area contributed by atoms with Crippen molar-refractivity contribution in [1.29, 1.82) is 0 Å². The molecule has 0 radical (unpaired) electrons. The standard InChI is InChI=1S/C12H16ClNO2/c13-11-6-2-1-4-10(11)5-3-8-14-9-7-12(15)16/h1-2,4,6,14H,3,5,7-9H2,(H,15,16). The van der Waals surface area contributed by atoms with Gasteiger partial charge in [0, 0.05) is 11.6 Å². The van der Waals surface area contributed by atoms with Crippen LogP contribution in [0.5, 0.6) is 0 Å². The summed E-state index contributed by atoms with van der Waals surface area (Å²) in [7, 11) is 0. The number of benzene rings is 1. The predicted octanol–water partition coefficient (Wildman–Crippen LogP) is 2.34. The molecule has 0 saturated heterocycles. The van der Waals surface area contributed by atoms with Gasteiger partial charge in [-0.2, -0.15) is 0 Å². The fourth-order valence-electron chi connectivity index (χ4n) is 1.43. The highest BCUT2D eigenvalue weighted by Crippen LogP contribution is 2.15. The smallest absolute Gasteiger partial charge is 0.304 e. The Labute approximate surface area is 100 Å². The van der Waals surface area contributed by atoms with E-state index in [1.54, 1.807) is 0 Å².